The second-order valence-electron chi connectivity index (χ2n) is 7.92. The molecular formula is C24H25N5O2. The second-order valence-corrected chi connectivity index (χ2v) is 7.92. The fourth-order valence-corrected chi connectivity index (χ4v) is 3.89. The van der Waals surface area contributed by atoms with Crippen LogP contribution in [0.15, 0.2) is 41.7 Å². The number of aliphatic imine (C=N–C) groups is 1. The van der Waals surface area contributed by atoms with Crippen LogP contribution < -0.4 is 15.4 Å². The molecule has 7 nitrogen and oxygen atoms in total. The third kappa shape index (κ3) is 4.15. The lowest BCUT2D eigenvalue weighted by Crippen LogP contribution is -2.40. The fraction of sp³-hybridized carbons (Fsp3) is 0.333. The molecule has 2 aromatic rings. The first-order valence-electron chi connectivity index (χ1n) is 10.5. The van der Waals surface area contributed by atoms with Crippen LogP contribution in [0.4, 0.5) is 5.69 Å². The van der Waals surface area contributed by atoms with Gasteiger partial charge in [-0.1, -0.05) is 0 Å². The van der Waals surface area contributed by atoms with Gasteiger partial charge in [0.25, 0.3) is 0 Å². The van der Waals surface area contributed by atoms with Crippen molar-refractivity contribution in [3.8, 4) is 17.7 Å². The summed E-state index contributed by atoms with van der Waals surface area (Å²) in [6.45, 7) is 3.61. The van der Waals surface area contributed by atoms with Crippen LogP contribution in [-0.4, -0.2) is 29.2 Å². The van der Waals surface area contributed by atoms with Crippen molar-refractivity contribution in [2.24, 2.45) is 10.7 Å². The minimum atomic E-state index is -0.0208. The van der Waals surface area contributed by atoms with E-state index in [0.717, 1.165) is 48.1 Å². The van der Waals surface area contributed by atoms with Crippen molar-refractivity contribution in [2.45, 2.75) is 51.6 Å². The molecule has 1 saturated carbocycles. The van der Waals surface area contributed by atoms with E-state index in [0.29, 0.717) is 17.4 Å². The van der Waals surface area contributed by atoms with Crippen LogP contribution in [0.5, 0.6) is 11.6 Å². The first kappa shape index (κ1) is 20.6. The molecule has 1 atom stereocenters. The Hall–Kier alpha value is -3.66. The maximum Gasteiger partial charge on any atom is 0.237 e. The van der Waals surface area contributed by atoms with Crippen LogP contribution in [-0.2, 0) is 11.2 Å². The molecule has 0 spiro atoms. The van der Waals surface area contributed by atoms with E-state index in [2.05, 4.69) is 16.0 Å². The number of nitrogens with two attached hydrogens (primary N) is 1. The third-order valence-electron chi connectivity index (χ3n) is 5.64. The number of anilines is 1. The van der Waals surface area contributed by atoms with Crippen LogP contribution in [0, 0.1) is 11.3 Å². The summed E-state index contributed by atoms with van der Waals surface area (Å²) < 4.78 is 6.27. The van der Waals surface area contributed by atoms with Crippen LogP contribution in [0.2, 0.25) is 0 Å². The number of nitrogens with zero attached hydrogens (tertiary/aromatic N) is 4. The van der Waals surface area contributed by atoms with Gasteiger partial charge in [-0.3, -0.25) is 9.79 Å². The molecule has 7 heteroatoms. The summed E-state index contributed by atoms with van der Waals surface area (Å²) in [4.78, 5) is 23.0. The average Bonchev–Trinajstić information content (AvgIpc) is 3.59. The molecule has 1 amide bonds. The van der Waals surface area contributed by atoms with Gasteiger partial charge in [-0.25, -0.2) is 4.98 Å². The number of aromatic nitrogens is 1. The summed E-state index contributed by atoms with van der Waals surface area (Å²) in [5, 5.41) is 9.49. The van der Waals surface area contributed by atoms with Gasteiger partial charge in [-0.05, 0) is 56.9 Å². The summed E-state index contributed by atoms with van der Waals surface area (Å²) in [6.07, 6.45) is 8.60. The van der Waals surface area contributed by atoms with Gasteiger partial charge in [0.15, 0.2) is 0 Å². The lowest BCUT2D eigenvalue weighted by Gasteiger charge is -2.36. The summed E-state index contributed by atoms with van der Waals surface area (Å²) in [5.41, 5.74) is 9.51. The number of benzene rings is 1. The molecule has 0 saturated heterocycles. The highest BCUT2D eigenvalue weighted by Gasteiger charge is 2.30. The molecule has 2 aliphatic rings. The highest BCUT2D eigenvalue weighted by Crippen LogP contribution is 2.43. The molecule has 31 heavy (non-hydrogen) atoms. The van der Waals surface area contributed by atoms with Gasteiger partial charge in [0.2, 0.25) is 11.8 Å². The minimum Gasteiger partial charge on any atom is -0.437 e. The van der Waals surface area contributed by atoms with Gasteiger partial charge in [0.1, 0.15) is 17.4 Å². The normalized spacial score (nSPS) is 18.5. The van der Waals surface area contributed by atoms with E-state index in [1.807, 2.05) is 19.1 Å². The van der Waals surface area contributed by atoms with E-state index >= 15 is 0 Å². The number of nitriles is 1. The smallest absolute Gasteiger partial charge is 0.237 e. The molecule has 2 heterocycles. The summed E-state index contributed by atoms with van der Waals surface area (Å²) in [5.74, 6) is 0.764. The zero-order valence-corrected chi connectivity index (χ0v) is 17.7. The Balaban J connectivity index is 1.87. The predicted molar refractivity (Wildman–Crippen MR) is 120 cm³/mol. The monoisotopic (exact) mass is 415 g/mol. The lowest BCUT2D eigenvalue weighted by molar-refractivity contribution is -0.117. The summed E-state index contributed by atoms with van der Waals surface area (Å²) >= 11 is 0. The van der Waals surface area contributed by atoms with Gasteiger partial charge in [0.05, 0.1) is 11.7 Å². The van der Waals surface area contributed by atoms with Crippen molar-refractivity contribution in [1.29, 1.82) is 5.26 Å². The van der Waals surface area contributed by atoms with Crippen molar-refractivity contribution >= 4 is 23.4 Å². The molecule has 1 aromatic carbocycles. The highest BCUT2D eigenvalue weighted by molar-refractivity contribution is 6.11. The predicted octanol–water partition coefficient (Wildman–Crippen LogP) is 3.97. The number of hydrogen-bond acceptors (Lipinski definition) is 6. The third-order valence-corrected chi connectivity index (χ3v) is 5.64. The molecule has 1 aliphatic carbocycles. The number of carbonyl (C=O) groups excluding carboxylic acids is 1. The van der Waals surface area contributed by atoms with E-state index < -0.39 is 0 Å². The van der Waals surface area contributed by atoms with Gasteiger partial charge in [-0.2, -0.15) is 5.26 Å². The molecular weight excluding hydrogens is 390 g/mol. The highest BCUT2D eigenvalue weighted by atomic mass is 16.5. The van der Waals surface area contributed by atoms with Gasteiger partial charge in [0, 0.05) is 48.3 Å². The van der Waals surface area contributed by atoms with E-state index in [-0.39, 0.29) is 17.8 Å². The SMILES string of the molecule is CC(=O)N1c2ccc(C(C=NC3CC3)=CN)c(Oc3ncccc3C#N)c2CCC1C. The van der Waals surface area contributed by atoms with E-state index in [4.69, 9.17) is 10.5 Å². The lowest BCUT2D eigenvalue weighted by atomic mass is 9.91. The van der Waals surface area contributed by atoms with Gasteiger partial charge >= 0.3 is 0 Å². The van der Waals surface area contributed by atoms with E-state index in [9.17, 15) is 10.1 Å². The summed E-state index contributed by atoms with van der Waals surface area (Å²) in [7, 11) is 0. The Kier molecular flexibility index (Phi) is 5.72. The Bertz CT molecular complexity index is 1110. The molecule has 158 valence electrons. The molecule has 2 N–H and O–H groups in total. The maximum absolute atomic E-state index is 12.4. The fourth-order valence-electron chi connectivity index (χ4n) is 3.89. The first-order chi connectivity index (χ1) is 15.0. The molecule has 1 fully saturated rings. The number of rotatable bonds is 5. The average molecular weight is 415 g/mol. The van der Waals surface area contributed by atoms with Gasteiger partial charge < -0.3 is 15.4 Å². The number of pyridine rings is 1. The number of fused-ring (bicyclic) bond motifs is 1. The van der Waals surface area contributed by atoms with Crippen LogP contribution in [0.3, 0.4) is 0 Å². The van der Waals surface area contributed by atoms with Crippen LogP contribution >= 0.6 is 0 Å². The quantitative estimate of drug-likeness (QED) is 0.744. The van der Waals surface area contributed by atoms with Crippen LogP contribution in [0.25, 0.3) is 5.57 Å². The molecule has 1 aliphatic heterocycles. The Morgan fingerprint density at radius 1 is 1.35 bits per heavy atom. The zero-order valence-electron chi connectivity index (χ0n) is 17.7. The van der Waals surface area contributed by atoms with Crippen LogP contribution in [0.1, 0.15) is 49.8 Å². The molecule has 1 unspecified atom stereocenters. The van der Waals surface area contributed by atoms with E-state index in [1.165, 1.54) is 6.20 Å². The number of carbonyl (C=O) groups is 1. The molecule has 0 radical (unpaired) electrons. The van der Waals surface area contributed by atoms with Crippen molar-refractivity contribution in [3.63, 3.8) is 0 Å². The number of allylic oxidation sites excluding steroid dienone is 1. The topological polar surface area (TPSA) is 105 Å². The van der Waals surface area contributed by atoms with E-state index in [1.54, 1.807) is 36.4 Å². The molecule has 0 bridgehead atoms. The summed E-state index contributed by atoms with van der Waals surface area (Å²) in [6, 6.07) is 9.76. The Morgan fingerprint density at radius 2 is 2.16 bits per heavy atom. The number of hydrogen-bond donors (Lipinski definition) is 1. The minimum absolute atomic E-state index is 0.0208. The largest absolute Gasteiger partial charge is 0.437 e. The van der Waals surface area contributed by atoms with Crippen molar-refractivity contribution in [2.75, 3.05) is 4.90 Å². The van der Waals surface area contributed by atoms with Crippen molar-refractivity contribution < 1.29 is 9.53 Å². The molecule has 1 aromatic heterocycles. The maximum atomic E-state index is 12.4. The second kappa shape index (κ2) is 8.60. The standard InChI is InChI=1S/C24H25N5O2/c1-15-5-8-21-22(29(15)16(2)30)10-9-20(18(13-26)14-28-19-6-7-19)23(21)31-24-17(12-25)4-3-11-27-24/h3-4,9-11,13-15,19H,5-8,26H2,1-2H3. The first-order valence-corrected chi connectivity index (χ1v) is 10.5. The van der Waals surface area contributed by atoms with Gasteiger partial charge in [-0.15, -0.1) is 0 Å². The Labute approximate surface area is 181 Å². The Morgan fingerprint density at radius 3 is 2.84 bits per heavy atom. The molecule has 4 rings (SSSR count). The van der Waals surface area contributed by atoms with Crippen molar-refractivity contribution in [3.05, 3.63) is 53.4 Å². The number of ether oxygens (including phenoxy) is 1. The van der Waals surface area contributed by atoms with Crippen molar-refractivity contribution in [1.82, 2.24) is 4.98 Å². The number of amides is 1. The zero-order chi connectivity index (χ0) is 22.0.